The fourth-order valence-corrected chi connectivity index (χ4v) is 2.90. The summed E-state index contributed by atoms with van der Waals surface area (Å²) in [5, 5.41) is 3.98. The normalized spacial score (nSPS) is 19.4. The van der Waals surface area contributed by atoms with Gasteiger partial charge < -0.3 is 15.0 Å². The van der Waals surface area contributed by atoms with Gasteiger partial charge in [-0.2, -0.15) is 0 Å². The van der Waals surface area contributed by atoms with Crippen LogP contribution in [-0.2, 0) is 11.3 Å². The van der Waals surface area contributed by atoms with Crippen molar-refractivity contribution < 1.29 is 4.74 Å². The molecule has 1 atom stereocenters. The van der Waals surface area contributed by atoms with E-state index >= 15 is 0 Å². The number of anilines is 1. The van der Waals surface area contributed by atoms with Gasteiger partial charge in [-0.1, -0.05) is 24.6 Å². The van der Waals surface area contributed by atoms with Crippen LogP contribution >= 0.6 is 11.6 Å². The smallest absolute Gasteiger partial charge is 0.0750 e. The lowest BCUT2D eigenvalue weighted by Gasteiger charge is -2.34. The number of nitrogens with zero attached hydrogens (tertiary/aromatic N) is 1. The highest BCUT2D eigenvalue weighted by Gasteiger charge is 2.20. The lowest BCUT2D eigenvalue weighted by Crippen LogP contribution is -2.39. The maximum Gasteiger partial charge on any atom is 0.0750 e. The van der Waals surface area contributed by atoms with E-state index in [2.05, 4.69) is 35.3 Å². The fraction of sp³-hybridized carbons (Fsp3) is 0.625. The summed E-state index contributed by atoms with van der Waals surface area (Å²) >= 11 is 6.35. The van der Waals surface area contributed by atoms with Gasteiger partial charge in [0.05, 0.1) is 6.10 Å². The highest BCUT2D eigenvalue weighted by atomic mass is 35.5. The van der Waals surface area contributed by atoms with Crippen LogP contribution in [0.2, 0.25) is 5.02 Å². The Morgan fingerprint density at radius 3 is 3.00 bits per heavy atom. The third-order valence-corrected chi connectivity index (χ3v) is 4.06. The molecule has 20 heavy (non-hydrogen) atoms. The van der Waals surface area contributed by atoms with Crippen LogP contribution in [0.1, 0.15) is 31.7 Å². The monoisotopic (exact) mass is 296 g/mol. The lowest BCUT2D eigenvalue weighted by atomic mass is 10.1. The zero-order valence-electron chi connectivity index (χ0n) is 12.5. The van der Waals surface area contributed by atoms with E-state index in [0.29, 0.717) is 6.10 Å². The minimum atomic E-state index is 0.361. The highest BCUT2D eigenvalue weighted by Crippen LogP contribution is 2.26. The molecule has 1 aliphatic heterocycles. The van der Waals surface area contributed by atoms with Gasteiger partial charge in [-0.25, -0.2) is 0 Å². The van der Waals surface area contributed by atoms with E-state index < -0.39 is 0 Å². The summed E-state index contributed by atoms with van der Waals surface area (Å²) in [5.74, 6) is 0. The molecule has 1 saturated heterocycles. The number of nitrogens with one attached hydrogen (secondary N) is 1. The first-order valence-electron chi connectivity index (χ1n) is 7.54. The minimum absolute atomic E-state index is 0.361. The Morgan fingerprint density at radius 2 is 2.30 bits per heavy atom. The van der Waals surface area contributed by atoms with Crippen molar-refractivity contribution in [3.63, 3.8) is 0 Å². The predicted octanol–water partition coefficient (Wildman–Crippen LogP) is 3.45. The van der Waals surface area contributed by atoms with E-state index in [-0.39, 0.29) is 0 Å². The molecule has 0 aliphatic carbocycles. The van der Waals surface area contributed by atoms with Gasteiger partial charge in [0.1, 0.15) is 0 Å². The maximum absolute atomic E-state index is 6.35. The molecule has 1 aliphatic rings. The molecule has 1 aromatic rings. The van der Waals surface area contributed by atoms with E-state index in [0.717, 1.165) is 43.2 Å². The molecule has 112 valence electrons. The minimum Gasteiger partial charge on any atom is -0.376 e. The van der Waals surface area contributed by atoms with Crippen molar-refractivity contribution >= 4 is 17.3 Å². The summed E-state index contributed by atoms with van der Waals surface area (Å²) in [6.45, 7) is 5.89. The van der Waals surface area contributed by atoms with E-state index in [1.54, 1.807) is 0 Å². The van der Waals surface area contributed by atoms with Crippen molar-refractivity contribution in [1.82, 2.24) is 5.32 Å². The summed E-state index contributed by atoms with van der Waals surface area (Å²) in [6, 6.07) is 6.36. The molecule has 3 nitrogen and oxygen atoms in total. The molecule has 1 aromatic carbocycles. The number of benzene rings is 1. The van der Waals surface area contributed by atoms with Crippen LogP contribution in [0.15, 0.2) is 18.2 Å². The van der Waals surface area contributed by atoms with Gasteiger partial charge in [0.25, 0.3) is 0 Å². The van der Waals surface area contributed by atoms with Gasteiger partial charge in [0.2, 0.25) is 0 Å². The molecule has 0 saturated carbocycles. The van der Waals surface area contributed by atoms with Gasteiger partial charge in [-0.05, 0) is 44.0 Å². The largest absolute Gasteiger partial charge is 0.376 e. The molecule has 0 bridgehead atoms. The van der Waals surface area contributed by atoms with E-state index in [1.165, 1.54) is 18.5 Å². The van der Waals surface area contributed by atoms with Crippen LogP contribution in [0.3, 0.4) is 0 Å². The Balaban J connectivity index is 2.01. The second kappa shape index (κ2) is 7.87. The van der Waals surface area contributed by atoms with Crippen molar-refractivity contribution in [2.75, 3.05) is 31.6 Å². The summed E-state index contributed by atoms with van der Waals surface area (Å²) in [7, 11) is 1.94. The number of hydrogen-bond donors (Lipinski definition) is 1. The molecule has 0 amide bonds. The van der Waals surface area contributed by atoms with Crippen LogP contribution in [0.4, 0.5) is 5.69 Å². The van der Waals surface area contributed by atoms with Crippen LogP contribution < -0.4 is 10.2 Å². The molecule has 0 aromatic heterocycles. The average molecular weight is 297 g/mol. The van der Waals surface area contributed by atoms with Crippen LogP contribution in [-0.4, -0.2) is 32.8 Å². The van der Waals surface area contributed by atoms with E-state index in [1.807, 2.05) is 7.05 Å². The summed E-state index contributed by atoms with van der Waals surface area (Å²) in [4.78, 5) is 2.39. The molecule has 0 radical (unpaired) electrons. The number of ether oxygens (including phenoxy) is 1. The zero-order chi connectivity index (χ0) is 14.4. The fourth-order valence-electron chi connectivity index (χ4n) is 2.66. The quantitative estimate of drug-likeness (QED) is 0.870. The summed E-state index contributed by atoms with van der Waals surface area (Å²) in [5.41, 5.74) is 2.35. The molecular weight excluding hydrogens is 272 g/mol. The van der Waals surface area contributed by atoms with Gasteiger partial charge in [0, 0.05) is 37.0 Å². The highest BCUT2D eigenvalue weighted by molar-refractivity contribution is 6.31. The molecule has 0 spiro atoms. The Hall–Kier alpha value is -0.770. The third kappa shape index (κ3) is 4.11. The van der Waals surface area contributed by atoms with Crippen LogP contribution in [0.5, 0.6) is 0 Å². The molecule has 2 rings (SSSR count). The lowest BCUT2D eigenvalue weighted by molar-refractivity contribution is 0.0440. The van der Waals surface area contributed by atoms with Crippen LogP contribution in [0, 0.1) is 0 Å². The van der Waals surface area contributed by atoms with Gasteiger partial charge in [-0.3, -0.25) is 0 Å². The second-order valence-electron chi connectivity index (χ2n) is 5.39. The first-order valence-corrected chi connectivity index (χ1v) is 7.92. The van der Waals surface area contributed by atoms with Gasteiger partial charge >= 0.3 is 0 Å². The topological polar surface area (TPSA) is 24.5 Å². The van der Waals surface area contributed by atoms with Crippen molar-refractivity contribution in [2.24, 2.45) is 0 Å². The second-order valence-corrected chi connectivity index (χ2v) is 5.79. The van der Waals surface area contributed by atoms with Crippen molar-refractivity contribution in [2.45, 2.75) is 38.8 Å². The molecule has 1 N–H and O–H groups in total. The van der Waals surface area contributed by atoms with Crippen LogP contribution in [0.25, 0.3) is 0 Å². The Bertz CT molecular complexity index is 425. The molecular formula is C16H25ClN2O. The predicted molar refractivity (Wildman–Crippen MR) is 85.7 cm³/mol. The number of halogens is 1. The molecule has 4 heteroatoms. The van der Waals surface area contributed by atoms with E-state index in [9.17, 15) is 0 Å². The Morgan fingerprint density at radius 1 is 1.45 bits per heavy atom. The van der Waals surface area contributed by atoms with Crippen molar-refractivity contribution in [1.29, 1.82) is 0 Å². The number of piperidine rings is 1. The van der Waals surface area contributed by atoms with Gasteiger partial charge in [-0.15, -0.1) is 0 Å². The third-order valence-electron chi connectivity index (χ3n) is 3.70. The Kier molecular flexibility index (Phi) is 6.14. The zero-order valence-corrected chi connectivity index (χ0v) is 13.2. The SMILES string of the molecule is CCCOC1CCCN(c2ccc(CNC)c(Cl)c2)C1. The molecule has 1 heterocycles. The first-order chi connectivity index (χ1) is 9.74. The van der Waals surface area contributed by atoms with Crippen molar-refractivity contribution in [3.05, 3.63) is 28.8 Å². The number of rotatable bonds is 6. The molecule has 1 fully saturated rings. The maximum atomic E-state index is 6.35. The standard InChI is InChI=1S/C16H25ClN2O/c1-3-9-20-15-5-4-8-19(12-15)14-7-6-13(11-18-2)16(17)10-14/h6-7,10,15,18H,3-5,8-9,11-12H2,1-2H3. The van der Waals surface area contributed by atoms with E-state index in [4.69, 9.17) is 16.3 Å². The first kappa shape index (κ1) is 15.6. The summed E-state index contributed by atoms with van der Waals surface area (Å²) < 4.78 is 5.89. The van der Waals surface area contributed by atoms with Gasteiger partial charge in [0.15, 0.2) is 0 Å². The average Bonchev–Trinajstić information content (AvgIpc) is 2.48. The Labute approximate surface area is 127 Å². The number of hydrogen-bond acceptors (Lipinski definition) is 3. The summed E-state index contributed by atoms with van der Waals surface area (Å²) in [6.07, 6.45) is 3.80. The van der Waals surface area contributed by atoms with Crippen molar-refractivity contribution in [3.8, 4) is 0 Å². The molecule has 1 unspecified atom stereocenters.